The summed E-state index contributed by atoms with van der Waals surface area (Å²) in [6.45, 7) is 6.67. The fourth-order valence-corrected chi connectivity index (χ4v) is 3.43. The maximum Gasteiger partial charge on any atom is 0.506 e. The Morgan fingerprint density at radius 2 is 2.07 bits per heavy atom. The monoisotopic (exact) mass is 198 g/mol. The van der Waals surface area contributed by atoms with Gasteiger partial charge in [0, 0.05) is 5.41 Å². The molecule has 0 saturated heterocycles. The molecule has 2 rings (SSSR count). The first-order valence-corrected chi connectivity index (χ1v) is 5.27. The van der Waals surface area contributed by atoms with Crippen molar-refractivity contribution >= 4 is 6.16 Å². The lowest BCUT2D eigenvalue weighted by Crippen LogP contribution is -2.38. The average molecular weight is 198 g/mol. The first-order valence-electron chi connectivity index (χ1n) is 5.27. The van der Waals surface area contributed by atoms with Crippen molar-refractivity contribution in [1.82, 2.24) is 0 Å². The standard InChI is InChI=1S/C11H18O3/c1-10(2)7-4-5-11(10,3)8(6-7)14-9(12)13/h7-8H,4-6H2,1-3H3,(H,12,13). The number of hydrogen-bond donors (Lipinski definition) is 1. The van der Waals surface area contributed by atoms with Crippen molar-refractivity contribution in [3.63, 3.8) is 0 Å². The van der Waals surface area contributed by atoms with Gasteiger partial charge < -0.3 is 9.84 Å². The van der Waals surface area contributed by atoms with Gasteiger partial charge in [0.2, 0.25) is 0 Å². The number of carboxylic acid groups (broad SMARTS) is 1. The summed E-state index contributed by atoms with van der Waals surface area (Å²) in [6.07, 6.45) is 2.02. The molecule has 0 aromatic carbocycles. The molecule has 3 heteroatoms. The number of rotatable bonds is 1. The minimum absolute atomic E-state index is 0.0516. The number of carbonyl (C=O) groups is 1. The molecule has 0 aromatic rings. The van der Waals surface area contributed by atoms with Crippen molar-refractivity contribution in [3.8, 4) is 0 Å². The molecular formula is C11H18O3. The largest absolute Gasteiger partial charge is 0.506 e. The Morgan fingerprint density at radius 3 is 2.43 bits per heavy atom. The lowest BCUT2D eigenvalue weighted by Gasteiger charge is -2.37. The molecule has 0 radical (unpaired) electrons. The average Bonchev–Trinajstić information content (AvgIpc) is 2.35. The molecule has 0 aliphatic heterocycles. The molecule has 0 amide bonds. The smallest absolute Gasteiger partial charge is 0.450 e. The fourth-order valence-electron chi connectivity index (χ4n) is 3.43. The van der Waals surface area contributed by atoms with Crippen molar-refractivity contribution < 1.29 is 14.6 Å². The first kappa shape index (κ1) is 9.81. The Labute approximate surface area is 84.4 Å². The van der Waals surface area contributed by atoms with Crippen molar-refractivity contribution in [2.24, 2.45) is 16.7 Å². The van der Waals surface area contributed by atoms with Gasteiger partial charge in [0.15, 0.2) is 0 Å². The van der Waals surface area contributed by atoms with Gasteiger partial charge in [-0.05, 0) is 30.6 Å². The van der Waals surface area contributed by atoms with Gasteiger partial charge in [0.25, 0.3) is 0 Å². The van der Waals surface area contributed by atoms with Crippen LogP contribution in [0.4, 0.5) is 4.79 Å². The predicted molar refractivity (Wildman–Crippen MR) is 52.1 cm³/mol. The maximum atomic E-state index is 10.6. The van der Waals surface area contributed by atoms with Crippen LogP contribution < -0.4 is 0 Å². The van der Waals surface area contributed by atoms with Crippen LogP contribution in [0.3, 0.4) is 0 Å². The van der Waals surface area contributed by atoms with Gasteiger partial charge in [-0.25, -0.2) is 4.79 Å². The Bertz CT molecular complexity index is 272. The van der Waals surface area contributed by atoms with Crippen LogP contribution in [0.1, 0.15) is 40.0 Å². The van der Waals surface area contributed by atoms with Crippen LogP contribution in [-0.4, -0.2) is 17.4 Å². The molecule has 2 fully saturated rings. The molecule has 2 aliphatic rings. The van der Waals surface area contributed by atoms with E-state index in [1.807, 2.05) is 0 Å². The highest BCUT2D eigenvalue weighted by Gasteiger charge is 2.62. The zero-order valence-electron chi connectivity index (χ0n) is 9.04. The SMILES string of the molecule is CC1(C)C2CCC1(C)C(OC(=O)O)C2. The van der Waals surface area contributed by atoms with Gasteiger partial charge in [0.05, 0.1) is 0 Å². The predicted octanol–water partition coefficient (Wildman–Crippen LogP) is 2.90. The molecule has 3 atom stereocenters. The molecule has 2 bridgehead atoms. The van der Waals surface area contributed by atoms with Crippen LogP contribution in [0.15, 0.2) is 0 Å². The summed E-state index contributed by atoms with van der Waals surface area (Å²) in [5, 5.41) is 8.66. The van der Waals surface area contributed by atoms with E-state index in [0.29, 0.717) is 5.92 Å². The zero-order chi connectivity index (χ0) is 10.6. The summed E-state index contributed by atoms with van der Waals surface area (Å²) in [5.74, 6) is 0.636. The third kappa shape index (κ3) is 1.01. The van der Waals surface area contributed by atoms with Crippen LogP contribution in [0, 0.1) is 16.7 Å². The summed E-state index contributed by atoms with van der Waals surface area (Å²) in [5.41, 5.74) is 0.281. The molecule has 14 heavy (non-hydrogen) atoms. The number of ether oxygens (including phenoxy) is 1. The summed E-state index contributed by atoms with van der Waals surface area (Å²) < 4.78 is 5.00. The van der Waals surface area contributed by atoms with Gasteiger partial charge >= 0.3 is 6.16 Å². The lowest BCUT2D eigenvalue weighted by molar-refractivity contribution is -0.0255. The third-order valence-corrected chi connectivity index (χ3v) is 4.96. The van der Waals surface area contributed by atoms with E-state index in [4.69, 9.17) is 9.84 Å². The van der Waals surface area contributed by atoms with E-state index in [0.717, 1.165) is 12.8 Å². The first-order chi connectivity index (χ1) is 6.38. The summed E-state index contributed by atoms with van der Waals surface area (Å²) >= 11 is 0. The Morgan fingerprint density at radius 1 is 1.43 bits per heavy atom. The van der Waals surface area contributed by atoms with Crippen LogP contribution >= 0.6 is 0 Å². The van der Waals surface area contributed by atoms with Gasteiger partial charge in [-0.15, -0.1) is 0 Å². The quantitative estimate of drug-likeness (QED) is 0.659. The van der Waals surface area contributed by atoms with E-state index in [1.54, 1.807) is 0 Å². The minimum Gasteiger partial charge on any atom is -0.450 e. The van der Waals surface area contributed by atoms with E-state index in [9.17, 15) is 4.79 Å². The lowest BCUT2D eigenvalue weighted by atomic mass is 9.70. The molecule has 2 saturated carbocycles. The topological polar surface area (TPSA) is 46.5 Å². The number of hydrogen-bond acceptors (Lipinski definition) is 2. The van der Waals surface area contributed by atoms with Crippen LogP contribution in [0.5, 0.6) is 0 Å². The number of fused-ring (bicyclic) bond motifs is 2. The van der Waals surface area contributed by atoms with Crippen molar-refractivity contribution in [3.05, 3.63) is 0 Å². The van der Waals surface area contributed by atoms with Crippen LogP contribution in [-0.2, 0) is 4.74 Å². The second kappa shape index (κ2) is 2.65. The summed E-state index contributed by atoms with van der Waals surface area (Å²) in [6, 6.07) is 0. The highest BCUT2D eigenvalue weighted by Crippen LogP contribution is 2.66. The van der Waals surface area contributed by atoms with E-state index >= 15 is 0 Å². The van der Waals surface area contributed by atoms with Crippen molar-refractivity contribution in [1.29, 1.82) is 0 Å². The van der Waals surface area contributed by atoms with E-state index < -0.39 is 6.16 Å². The second-order valence-electron chi connectivity index (χ2n) is 5.48. The van der Waals surface area contributed by atoms with Gasteiger partial charge in [-0.2, -0.15) is 0 Å². The van der Waals surface area contributed by atoms with Crippen LogP contribution in [0.2, 0.25) is 0 Å². The summed E-state index contributed by atoms with van der Waals surface area (Å²) in [4.78, 5) is 10.6. The molecule has 3 nitrogen and oxygen atoms in total. The zero-order valence-corrected chi connectivity index (χ0v) is 9.04. The Hall–Kier alpha value is -0.730. The highest BCUT2D eigenvalue weighted by atomic mass is 16.7. The maximum absolute atomic E-state index is 10.6. The van der Waals surface area contributed by atoms with Crippen molar-refractivity contribution in [2.75, 3.05) is 0 Å². The molecule has 0 spiro atoms. The highest BCUT2D eigenvalue weighted by molar-refractivity contribution is 5.57. The molecule has 0 aromatic heterocycles. The molecule has 1 N–H and O–H groups in total. The van der Waals surface area contributed by atoms with Crippen molar-refractivity contribution in [2.45, 2.75) is 46.1 Å². The molecule has 80 valence electrons. The molecule has 3 unspecified atom stereocenters. The molecule has 0 heterocycles. The molecule has 2 aliphatic carbocycles. The summed E-state index contributed by atoms with van der Waals surface area (Å²) in [7, 11) is 0. The molecular weight excluding hydrogens is 180 g/mol. The van der Waals surface area contributed by atoms with E-state index in [1.165, 1.54) is 6.42 Å². The van der Waals surface area contributed by atoms with E-state index in [-0.39, 0.29) is 16.9 Å². The normalized spacial score (nSPS) is 43.9. The third-order valence-electron chi connectivity index (χ3n) is 4.96. The fraction of sp³-hybridized carbons (Fsp3) is 0.909. The minimum atomic E-state index is -1.13. The van der Waals surface area contributed by atoms with Gasteiger partial charge in [-0.3, -0.25) is 0 Å². The Balaban J connectivity index is 2.23. The Kier molecular flexibility index (Phi) is 1.85. The second-order valence-corrected chi connectivity index (χ2v) is 5.48. The van der Waals surface area contributed by atoms with Gasteiger partial charge in [0.1, 0.15) is 6.10 Å². The van der Waals surface area contributed by atoms with E-state index in [2.05, 4.69) is 20.8 Å². The van der Waals surface area contributed by atoms with Gasteiger partial charge in [-0.1, -0.05) is 20.8 Å². The van der Waals surface area contributed by atoms with Crippen LogP contribution in [0.25, 0.3) is 0 Å².